The lowest BCUT2D eigenvalue weighted by Crippen LogP contribution is -2.27. The van der Waals surface area contributed by atoms with Gasteiger partial charge in [-0.15, -0.1) is 0 Å². The van der Waals surface area contributed by atoms with Crippen LogP contribution in [0, 0.1) is 11.8 Å². The van der Waals surface area contributed by atoms with Crippen LogP contribution in [-0.2, 0) is 4.79 Å². The summed E-state index contributed by atoms with van der Waals surface area (Å²) in [5, 5.41) is 15.6. The van der Waals surface area contributed by atoms with Gasteiger partial charge in [-0.2, -0.15) is 0 Å². The fraction of sp³-hybridized carbons (Fsp3) is 0.462. The molecule has 1 aliphatic heterocycles. The molecule has 2 rings (SSSR count). The van der Waals surface area contributed by atoms with Crippen molar-refractivity contribution in [2.45, 2.75) is 6.92 Å². The molecule has 1 amide bonds. The third-order valence-electron chi connectivity index (χ3n) is 3.32. The minimum absolute atomic E-state index is 0.0442. The average Bonchev–Trinajstić information content (AvgIpc) is 2.78. The lowest BCUT2D eigenvalue weighted by Gasteiger charge is -2.15. The molecule has 0 radical (unpaired) electrons. The summed E-state index contributed by atoms with van der Waals surface area (Å²) in [6, 6.07) is 4.76. The molecule has 0 spiro atoms. The molecule has 3 N–H and O–H groups in total. The molecule has 1 saturated heterocycles. The largest absolute Gasteiger partial charge is 0.506 e. The average molecular weight is 250 g/mol. The Kier molecular flexibility index (Phi) is 3.72. The highest BCUT2D eigenvalue weighted by atomic mass is 16.5. The van der Waals surface area contributed by atoms with E-state index in [2.05, 4.69) is 10.6 Å². The first kappa shape index (κ1) is 12.7. The zero-order valence-electron chi connectivity index (χ0n) is 10.6. The number of anilines is 1. The van der Waals surface area contributed by atoms with Gasteiger partial charge < -0.3 is 20.5 Å². The molecule has 0 aromatic heterocycles. The zero-order chi connectivity index (χ0) is 13.1. The first-order chi connectivity index (χ1) is 8.61. The van der Waals surface area contributed by atoms with E-state index in [4.69, 9.17) is 4.74 Å². The van der Waals surface area contributed by atoms with E-state index in [0.717, 1.165) is 6.54 Å². The van der Waals surface area contributed by atoms with Crippen molar-refractivity contribution in [3.8, 4) is 11.5 Å². The molecule has 0 aliphatic carbocycles. The predicted molar refractivity (Wildman–Crippen MR) is 68.8 cm³/mol. The molecule has 1 fully saturated rings. The first-order valence-corrected chi connectivity index (χ1v) is 6.00. The number of hydrogen-bond donors (Lipinski definition) is 3. The predicted octanol–water partition coefficient (Wildman–Crippen LogP) is 1.19. The third kappa shape index (κ3) is 2.56. The molecule has 1 aliphatic rings. The Morgan fingerprint density at radius 3 is 2.89 bits per heavy atom. The van der Waals surface area contributed by atoms with Gasteiger partial charge in [0, 0.05) is 12.6 Å². The Labute approximate surface area is 106 Å². The smallest absolute Gasteiger partial charge is 0.229 e. The Balaban J connectivity index is 2.11. The molecule has 5 nitrogen and oxygen atoms in total. The van der Waals surface area contributed by atoms with Gasteiger partial charge in [-0.25, -0.2) is 0 Å². The van der Waals surface area contributed by atoms with Crippen molar-refractivity contribution in [1.29, 1.82) is 0 Å². The lowest BCUT2D eigenvalue weighted by atomic mass is 9.97. The molecule has 0 bridgehead atoms. The lowest BCUT2D eigenvalue weighted by molar-refractivity contribution is -0.120. The number of phenols is 1. The quantitative estimate of drug-likeness (QED) is 0.705. The number of phenolic OH excluding ortho intramolecular Hbond substituents is 1. The summed E-state index contributed by atoms with van der Waals surface area (Å²) < 4.78 is 5.06. The highest BCUT2D eigenvalue weighted by Crippen LogP contribution is 2.29. The Morgan fingerprint density at radius 1 is 1.50 bits per heavy atom. The van der Waals surface area contributed by atoms with Crippen LogP contribution < -0.4 is 15.4 Å². The van der Waals surface area contributed by atoms with Crippen LogP contribution in [-0.4, -0.2) is 31.2 Å². The van der Waals surface area contributed by atoms with Crippen molar-refractivity contribution in [2.24, 2.45) is 11.8 Å². The molecule has 0 unspecified atom stereocenters. The molecular formula is C13H18N2O3. The molecule has 18 heavy (non-hydrogen) atoms. The summed E-state index contributed by atoms with van der Waals surface area (Å²) >= 11 is 0. The van der Waals surface area contributed by atoms with Gasteiger partial charge in [0.1, 0.15) is 11.5 Å². The van der Waals surface area contributed by atoms with E-state index in [1.807, 2.05) is 6.92 Å². The van der Waals surface area contributed by atoms with Crippen molar-refractivity contribution in [1.82, 2.24) is 5.32 Å². The monoisotopic (exact) mass is 250 g/mol. The number of ether oxygens (including phenoxy) is 1. The summed E-state index contributed by atoms with van der Waals surface area (Å²) in [5.74, 6) is 0.813. The van der Waals surface area contributed by atoms with Crippen molar-refractivity contribution in [2.75, 3.05) is 25.5 Å². The van der Waals surface area contributed by atoms with E-state index < -0.39 is 0 Å². The number of nitrogens with one attached hydrogen (secondary N) is 2. The SMILES string of the molecule is COc1ccc(O)c(NC(=O)[C@@H]2CNC[C@H]2C)c1. The number of amides is 1. The standard InChI is InChI=1S/C13H18N2O3/c1-8-6-14-7-10(8)13(17)15-11-5-9(18-2)3-4-12(11)16/h3-5,8,10,14,16H,6-7H2,1-2H3,(H,15,17)/t8-,10-/m1/s1. The molecular weight excluding hydrogens is 232 g/mol. The second-order valence-electron chi connectivity index (χ2n) is 4.61. The molecule has 2 atom stereocenters. The summed E-state index contributed by atoms with van der Waals surface area (Å²) in [7, 11) is 1.54. The second kappa shape index (κ2) is 5.27. The van der Waals surface area contributed by atoms with Crippen molar-refractivity contribution in [3.05, 3.63) is 18.2 Å². The van der Waals surface area contributed by atoms with Crippen LogP contribution in [0.25, 0.3) is 0 Å². The van der Waals surface area contributed by atoms with E-state index in [1.54, 1.807) is 19.2 Å². The minimum Gasteiger partial charge on any atom is -0.506 e. The van der Waals surface area contributed by atoms with Gasteiger partial charge in [-0.1, -0.05) is 6.92 Å². The van der Waals surface area contributed by atoms with Crippen LogP contribution in [0.4, 0.5) is 5.69 Å². The summed E-state index contributed by atoms with van der Waals surface area (Å²) in [6.07, 6.45) is 0. The number of hydrogen-bond acceptors (Lipinski definition) is 4. The van der Waals surface area contributed by atoms with Crippen molar-refractivity contribution < 1.29 is 14.6 Å². The summed E-state index contributed by atoms with van der Waals surface area (Å²) in [6.45, 7) is 3.57. The van der Waals surface area contributed by atoms with Gasteiger partial charge in [-0.05, 0) is 24.6 Å². The fourth-order valence-electron chi connectivity index (χ4n) is 2.13. The Morgan fingerprint density at radius 2 is 2.28 bits per heavy atom. The van der Waals surface area contributed by atoms with Gasteiger partial charge >= 0.3 is 0 Å². The number of carbonyl (C=O) groups is 1. The maximum Gasteiger partial charge on any atom is 0.229 e. The fourth-order valence-corrected chi connectivity index (χ4v) is 2.13. The number of benzene rings is 1. The summed E-state index contributed by atoms with van der Waals surface area (Å²) in [5.41, 5.74) is 0.387. The Bertz CT molecular complexity index is 448. The molecule has 1 heterocycles. The highest BCUT2D eigenvalue weighted by molar-refractivity contribution is 5.94. The van der Waals surface area contributed by atoms with E-state index in [-0.39, 0.29) is 17.6 Å². The van der Waals surface area contributed by atoms with Crippen LogP contribution in [0.5, 0.6) is 11.5 Å². The van der Waals surface area contributed by atoms with Crippen LogP contribution in [0.2, 0.25) is 0 Å². The number of methoxy groups -OCH3 is 1. The maximum absolute atomic E-state index is 12.1. The third-order valence-corrected chi connectivity index (χ3v) is 3.32. The zero-order valence-corrected chi connectivity index (χ0v) is 10.6. The highest BCUT2D eigenvalue weighted by Gasteiger charge is 2.29. The molecule has 1 aromatic carbocycles. The van der Waals surface area contributed by atoms with E-state index >= 15 is 0 Å². The summed E-state index contributed by atoms with van der Waals surface area (Å²) in [4.78, 5) is 12.1. The van der Waals surface area contributed by atoms with E-state index in [9.17, 15) is 9.90 Å². The van der Waals surface area contributed by atoms with Gasteiger partial charge in [0.25, 0.3) is 0 Å². The maximum atomic E-state index is 12.1. The van der Waals surface area contributed by atoms with Gasteiger partial charge in [-0.3, -0.25) is 4.79 Å². The van der Waals surface area contributed by atoms with Gasteiger partial charge in [0.2, 0.25) is 5.91 Å². The van der Waals surface area contributed by atoms with Crippen LogP contribution in [0.3, 0.4) is 0 Å². The number of carbonyl (C=O) groups excluding carboxylic acids is 1. The van der Waals surface area contributed by atoms with E-state index in [1.165, 1.54) is 6.07 Å². The topological polar surface area (TPSA) is 70.6 Å². The van der Waals surface area contributed by atoms with Crippen LogP contribution in [0.1, 0.15) is 6.92 Å². The molecule has 1 aromatic rings. The Hall–Kier alpha value is -1.75. The van der Waals surface area contributed by atoms with Crippen LogP contribution >= 0.6 is 0 Å². The minimum atomic E-state index is -0.0731. The van der Waals surface area contributed by atoms with Crippen LogP contribution in [0.15, 0.2) is 18.2 Å². The van der Waals surface area contributed by atoms with Gasteiger partial charge in [0.15, 0.2) is 0 Å². The van der Waals surface area contributed by atoms with Crippen molar-refractivity contribution in [3.63, 3.8) is 0 Å². The second-order valence-corrected chi connectivity index (χ2v) is 4.61. The first-order valence-electron chi connectivity index (χ1n) is 6.00. The number of aromatic hydroxyl groups is 1. The molecule has 98 valence electrons. The number of rotatable bonds is 3. The van der Waals surface area contributed by atoms with Gasteiger partial charge in [0.05, 0.1) is 18.7 Å². The van der Waals surface area contributed by atoms with Crippen molar-refractivity contribution >= 4 is 11.6 Å². The molecule has 5 heteroatoms. The normalized spacial score (nSPS) is 22.8. The molecule has 0 saturated carbocycles. The van der Waals surface area contributed by atoms with E-state index in [0.29, 0.717) is 23.9 Å².